The Balaban J connectivity index is 2.24. The number of benzene rings is 1. The first-order chi connectivity index (χ1) is 9.29. The van der Waals surface area contributed by atoms with Crippen molar-refractivity contribution in [2.24, 2.45) is 0 Å². The number of unbranched alkanes of at least 4 members (excludes halogenated alkanes) is 1. The van der Waals surface area contributed by atoms with E-state index in [0.717, 1.165) is 19.4 Å². The molecular weight excluding hydrogens is 244 g/mol. The van der Waals surface area contributed by atoms with E-state index in [-0.39, 0.29) is 12.4 Å². The molecule has 0 unspecified atom stereocenters. The quantitative estimate of drug-likeness (QED) is 0.482. The van der Waals surface area contributed by atoms with Gasteiger partial charge in [-0.05, 0) is 18.6 Å². The predicted octanol–water partition coefficient (Wildman–Crippen LogP) is 2.71. The van der Waals surface area contributed by atoms with Gasteiger partial charge in [-0.1, -0.05) is 25.5 Å². The lowest BCUT2D eigenvalue weighted by Crippen LogP contribution is -2.13. The second-order valence-electron chi connectivity index (χ2n) is 4.14. The number of hydrogen-bond acceptors (Lipinski definition) is 4. The van der Waals surface area contributed by atoms with Crippen molar-refractivity contribution in [3.05, 3.63) is 29.8 Å². The Bertz CT molecular complexity index is 376. The van der Waals surface area contributed by atoms with Crippen LogP contribution in [-0.4, -0.2) is 39.3 Å². The largest absolute Gasteiger partial charge is 0.496 e. The Morgan fingerprint density at radius 2 is 1.84 bits per heavy atom. The van der Waals surface area contributed by atoms with Crippen LogP contribution in [0.5, 0.6) is 5.75 Å². The van der Waals surface area contributed by atoms with Crippen LogP contribution < -0.4 is 4.74 Å². The van der Waals surface area contributed by atoms with E-state index < -0.39 is 0 Å². The summed E-state index contributed by atoms with van der Waals surface area (Å²) in [5, 5.41) is 0. The zero-order chi connectivity index (χ0) is 13.9. The fourth-order valence-corrected chi connectivity index (χ4v) is 1.58. The van der Waals surface area contributed by atoms with Crippen molar-refractivity contribution in [3.63, 3.8) is 0 Å². The lowest BCUT2D eigenvalue weighted by atomic mass is 10.1. The van der Waals surface area contributed by atoms with Crippen molar-refractivity contribution in [2.45, 2.75) is 19.8 Å². The number of ether oxygens (including phenoxy) is 3. The number of hydrogen-bond donors (Lipinski definition) is 0. The third kappa shape index (κ3) is 5.85. The molecule has 0 saturated heterocycles. The molecule has 0 aliphatic heterocycles. The highest BCUT2D eigenvalue weighted by Gasteiger charge is 2.11. The second kappa shape index (κ2) is 9.53. The molecule has 0 amide bonds. The average Bonchev–Trinajstić information content (AvgIpc) is 2.46. The Kier molecular flexibility index (Phi) is 7.86. The lowest BCUT2D eigenvalue weighted by Gasteiger charge is -2.08. The zero-order valence-corrected chi connectivity index (χ0v) is 11.7. The molecule has 1 aromatic carbocycles. The molecule has 0 aliphatic rings. The SMILES string of the molecule is CCCCOCCOCC(=O)c1ccccc1OC. The van der Waals surface area contributed by atoms with Crippen molar-refractivity contribution in [1.82, 2.24) is 0 Å². The van der Waals surface area contributed by atoms with Crippen molar-refractivity contribution in [2.75, 3.05) is 33.5 Å². The monoisotopic (exact) mass is 266 g/mol. The summed E-state index contributed by atoms with van der Waals surface area (Å²) in [7, 11) is 1.55. The van der Waals surface area contributed by atoms with Crippen LogP contribution in [-0.2, 0) is 9.47 Å². The fourth-order valence-electron chi connectivity index (χ4n) is 1.58. The third-order valence-corrected chi connectivity index (χ3v) is 2.65. The van der Waals surface area contributed by atoms with E-state index in [1.165, 1.54) is 0 Å². The van der Waals surface area contributed by atoms with Gasteiger partial charge in [0.2, 0.25) is 0 Å². The maximum absolute atomic E-state index is 11.9. The number of carbonyl (C=O) groups excluding carboxylic acids is 1. The van der Waals surface area contributed by atoms with Crippen molar-refractivity contribution >= 4 is 5.78 Å². The molecule has 0 aromatic heterocycles. The molecule has 4 heteroatoms. The molecule has 0 bridgehead atoms. The van der Waals surface area contributed by atoms with Crippen LogP contribution in [0.3, 0.4) is 0 Å². The van der Waals surface area contributed by atoms with E-state index in [0.29, 0.717) is 24.5 Å². The van der Waals surface area contributed by atoms with Gasteiger partial charge in [0, 0.05) is 6.61 Å². The predicted molar refractivity (Wildman–Crippen MR) is 73.9 cm³/mol. The van der Waals surface area contributed by atoms with Gasteiger partial charge in [0.05, 0.1) is 25.9 Å². The summed E-state index contributed by atoms with van der Waals surface area (Å²) >= 11 is 0. The Morgan fingerprint density at radius 1 is 1.11 bits per heavy atom. The highest BCUT2D eigenvalue weighted by atomic mass is 16.5. The summed E-state index contributed by atoms with van der Waals surface area (Å²) in [5.41, 5.74) is 0.553. The minimum Gasteiger partial charge on any atom is -0.496 e. The molecule has 0 saturated carbocycles. The van der Waals surface area contributed by atoms with E-state index in [1.54, 1.807) is 19.2 Å². The van der Waals surface area contributed by atoms with E-state index >= 15 is 0 Å². The number of Topliss-reactive ketones (excluding diaryl/α,β-unsaturated/α-hetero) is 1. The smallest absolute Gasteiger partial charge is 0.192 e. The van der Waals surface area contributed by atoms with Gasteiger partial charge in [0.15, 0.2) is 5.78 Å². The number of carbonyl (C=O) groups is 1. The van der Waals surface area contributed by atoms with Crippen LogP contribution in [0.15, 0.2) is 24.3 Å². The Morgan fingerprint density at radius 3 is 2.58 bits per heavy atom. The third-order valence-electron chi connectivity index (χ3n) is 2.65. The summed E-state index contributed by atoms with van der Waals surface area (Å²) in [5.74, 6) is 0.501. The topological polar surface area (TPSA) is 44.8 Å². The van der Waals surface area contributed by atoms with Crippen molar-refractivity contribution in [3.8, 4) is 5.75 Å². The number of rotatable bonds is 10. The summed E-state index contributed by atoms with van der Waals surface area (Å²) in [6.07, 6.45) is 2.17. The summed E-state index contributed by atoms with van der Waals surface area (Å²) in [6, 6.07) is 7.14. The number of para-hydroxylation sites is 1. The molecule has 1 aromatic rings. The average molecular weight is 266 g/mol. The van der Waals surface area contributed by atoms with Crippen molar-refractivity contribution < 1.29 is 19.0 Å². The Hall–Kier alpha value is -1.39. The van der Waals surface area contributed by atoms with Crippen LogP contribution in [0, 0.1) is 0 Å². The number of ketones is 1. The number of methoxy groups -OCH3 is 1. The summed E-state index contributed by atoms with van der Waals surface area (Å²) < 4.78 is 15.8. The van der Waals surface area contributed by atoms with Crippen LogP contribution in [0.2, 0.25) is 0 Å². The Labute approximate surface area is 114 Å². The minimum absolute atomic E-state index is 0.0531. The molecule has 106 valence electrons. The molecule has 4 nitrogen and oxygen atoms in total. The van der Waals surface area contributed by atoms with Crippen LogP contribution in [0.25, 0.3) is 0 Å². The van der Waals surface area contributed by atoms with Crippen LogP contribution in [0.4, 0.5) is 0 Å². The van der Waals surface area contributed by atoms with Gasteiger partial charge in [-0.15, -0.1) is 0 Å². The molecule has 0 radical (unpaired) electrons. The molecular formula is C15H22O4. The second-order valence-corrected chi connectivity index (χ2v) is 4.14. The minimum atomic E-state index is -0.0778. The van der Waals surface area contributed by atoms with Gasteiger partial charge in [-0.3, -0.25) is 4.79 Å². The highest BCUT2D eigenvalue weighted by Crippen LogP contribution is 2.17. The molecule has 0 fully saturated rings. The summed E-state index contributed by atoms with van der Waals surface area (Å²) in [4.78, 5) is 11.9. The van der Waals surface area contributed by atoms with Gasteiger partial charge in [0.1, 0.15) is 12.4 Å². The molecule has 0 spiro atoms. The first-order valence-corrected chi connectivity index (χ1v) is 6.61. The summed E-state index contributed by atoms with van der Waals surface area (Å²) in [6.45, 7) is 3.88. The molecule has 0 heterocycles. The van der Waals surface area contributed by atoms with E-state index in [1.807, 2.05) is 12.1 Å². The van der Waals surface area contributed by atoms with Gasteiger partial charge in [0.25, 0.3) is 0 Å². The van der Waals surface area contributed by atoms with Crippen LogP contribution >= 0.6 is 0 Å². The molecule has 0 atom stereocenters. The molecule has 19 heavy (non-hydrogen) atoms. The van der Waals surface area contributed by atoms with Gasteiger partial charge in [-0.25, -0.2) is 0 Å². The maximum atomic E-state index is 11.9. The van der Waals surface area contributed by atoms with Crippen LogP contribution in [0.1, 0.15) is 30.1 Å². The maximum Gasteiger partial charge on any atom is 0.192 e. The first-order valence-electron chi connectivity index (χ1n) is 6.61. The zero-order valence-electron chi connectivity index (χ0n) is 11.7. The van der Waals surface area contributed by atoms with Crippen molar-refractivity contribution in [1.29, 1.82) is 0 Å². The highest BCUT2D eigenvalue weighted by molar-refractivity contribution is 5.99. The van der Waals surface area contributed by atoms with Gasteiger partial charge in [-0.2, -0.15) is 0 Å². The fraction of sp³-hybridized carbons (Fsp3) is 0.533. The molecule has 1 rings (SSSR count). The molecule has 0 aliphatic carbocycles. The van der Waals surface area contributed by atoms with E-state index in [2.05, 4.69) is 6.92 Å². The lowest BCUT2D eigenvalue weighted by molar-refractivity contribution is 0.0431. The normalized spacial score (nSPS) is 10.4. The molecule has 0 N–H and O–H groups in total. The first kappa shape index (κ1) is 15.7. The van der Waals surface area contributed by atoms with Gasteiger partial charge >= 0.3 is 0 Å². The standard InChI is InChI=1S/C15H22O4/c1-3-4-9-18-10-11-19-12-14(16)13-7-5-6-8-15(13)17-2/h5-8H,3-4,9-12H2,1-2H3. The van der Waals surface area contributed by atoms with Gasteiger partial charge < -0.3 is 14.2 Å². The van der Waals surface area contributed by atoms with E-state index in [9.17, 15) is 4.79 Å². The van der Waals surface area contributed by atoms with E-state index in [4.69, 9.17) is 14.2 Å².